The molecule has 1 atom stereocenters. The zero-order chi connectivity index (χ0) is 8.81. The molecule has 0 spiro atoms. The van der Waals surface area contributed by atoms with Crippen molar-refractivity contribution in [2.24, 2.45) is 0 Å². The molecule has 1 aliphatic rings. The molecule has 0 saturated carbocycles. The van der Waals surface area contributed by atoms with Crippen LogP contribution in [0, 0.1) is 0 Å². The number of nitrogens with zero attached hydrogens (tertiary/aromatic N) is 1. The predicted molar refractivity (Wildman–Crippen MR) is 62.2 cm³/mol. The van der Waals surface area contributed by atoms with E-state index in [2.05, 4.69) is 10.2 Å². The second-order valence-corrected chi connectivity index (χ2v) is 3.97. The van der Waals surface area contributed by atoms with Crippen molar-refractivity contribution in [1.82, 2.24) is 10.2 Å². The summed E-state index contributed by atoms with van der Waals surface area (Å²) >= 11 is -1.86. The topological polar surface area (TPSA) is 55.4 Å². The van der Waals surface area contributed by atoms with Gasteiger partial charge in [-0.2, -0.15) is 0 Å². The molecular formula is C7H17Cl2N2O2S-. The Bertz CT molecular complexity index is 157. The number of hydrogen-bond donors (Lipinski definition) is 1. The second kappa shape index (κ2) is 10.1. The van der Waals surface area contributed by atoms with Crippen molar-refractivity contribution in [2.75, 3.05) is 38.5 Å². The molecule has 7 heteroatoms. The van der Waals surface area contributed by atoms with Gasteiger partial charge in [-0.3, -0.25) is 4.21 Å². The molecule has 0 aromatic rings. The Morgan fingerprint density at radius 2 is 1.86 bits per heavy atom. The summed E-state index contributed by atoms with van der Waals surface area (Å²) in [5.74, 6) is 0.296. The molecule has 1 fully saturated rings. The standard InChI is InChI=1S/C7H16N2O2S.2ClH/c10-12(11)7-1-4-9-5-2-8-3-6-9;;/h8H,1-7H2,(H,10,11);2*1H/p-1. The van der Waals surface area contributed by atoms with Gasteiger partial charge in [-0.25, -0.2) is 0 Å². The third-order valence-corrected chi connectivity index (χ3v) is 2.62. The van der Waals surface area contributed by atoms with Crippen molar-refractivity contribution < 1.29 is 8.76 Å². The Morgan fingerprint density at radius 1 is 1.29 bits per heavy atom. The quantitative estimate of drug-likeness (QED) is 0.726. The van der Waals surface area contributed by atoms with Crippen molar-refractivity contribution in [3.05, 3.63) is 0 Å². The molecule has 0 aliphatic carbocycles. The molecule has 4 nitrogen and oxygen atoms in total. The molecular weight excluding hydrogens is 247 g/mol. The van der Waals surface area contributed by atoms with E-state index >= 15 is 0 Å². The van der Waals surface area contributed by atoms with Gasteiger partial charge in [-0.15, -0.1) is 24.8 Å². The Kier molecular flexibility index (Phi) is 12.3. The van der Waals surface area contributed by atoms with Crippen molar-refractivity contribution in [3.8, 4) is 0 Å². The summed E-state index contributed by atoms with van der Waals surface area (Å²) in [4.78, 5) is 2.30. The lowest BCUT2D eigenvalue weighted by atomic mass is 10.3. The molecule has 1 aliphatic heterocycles. The number of rotatable bonds is 4. The maximum absolute atomic E-state index is 10.2. The van der Waals surface area contributed by atoms with Crippen LogP contribution in [0.5, 0.6) is 0 Å². The summed E-state index contributed by atoms with van der Waals surface area (Å²) < 4.78 is 20.4. The van der Waals surface area contributed by atoms with E-state index in [-0.39, 0.29) is 24.8 Å². The van der Waals surface area contributed by atoms with Crippen LogP contribution in [0.4, 0.5) is 0 Å². The van der Waals surface area contributed by atoms with Crippen molar-refractivity contribution >= 4 is 35.9 Å². The summed E-state index contributed by atoms with van der Waals surface area (Å²) in [5, 5.41) is 3.25. The number of hydrogen-bond acceptors (Lipinski definition) is 4. The molecule has 0 amide bonds. The van der Waals surface area contributed by atoms with E-state index in [1.165, 1.54) is 0 Å². The average Bonchev–Trinajstić information content (AvgIpc) is 2.05. The Morgan fingerprint density at radius 3 is 2.36 bits per heavy atom. The molecule has 0 radical (unpaired) electrons. The fourth-order valence-electron chi connectivity index (χ4n) is 1.34. The van der Waals surface area contributed by atoms with Crippen LogP contribution in [0.3, 0.4) is 0 Å². The highest BCUT2D eigenvalue weighted by molar-refractivity contribution is 7.79. The van der Waals surface area contributed by atoms with E-state index < -0.39 is 11.1 Å². The first kappa shape index (κ1) is 17.0. The maximum atomic E-state index is 10.2. The maximum Gasteiger partial charge on any atom is 0.0114 e. The fraction of sp³-hybridized carbons (Fsp3) is 1.00. The summed E-state index contributed by atoms with van der Waals surface area (Å²) in [6.45, 7) is 5.06. The van der Waals surface area contributed by atoms with E-state index in [1.807, 2.05) is 0 Å². The summed E-state index contributed by atoms with van der Waals surface area (Å²) in [7, 11) is 0. The fourth-order valence-corrected chi connectivity index (χ4v) is 1.71. The van der Waals surface area contributed by atoms with Gasteiger partial charge in [0, 0.05) is 31.9 Å². The SMILES string of the molecule is Cl.Cl.O=S([O-])CCCN1CCNCC1. The highest BCUT2D eigenvalue weighted by Gasteiger charge is 2.07. The highest BCUT2D eigenvalue weighted by atomic mass is 35.5. The van der Waals surface area contributed by atoms with Crippen LogP contribution < -0.4 is 5.32 Å². The molecule has 1 saturated heterocycles. The van der Waals surface area contributed by atoms with E-state index in [9.17, 15) is 8.76 Å². The Hall–Kier alpha value is 0.610. The molecule has 0 aromatic heterocycles. The number of halogens is 2. The van der Waals surface area contributed by atoms with Crippen LogP contribution >= 0.6 is 24.8 Å². The van der Waals surface area contributed by atoms with Crippen molar-refractivity contribution in [2.45, 2.75) is 6.42 Å². The average molecular weight is 264 g/mol. The number of nitrogens with one attached hydrogen (secondary N) is 1. The van der Waals surface area contributed by atoms with Gasteiger partial charge in [0.2, 0.25) is 0 Å². The molecule has 0 aromatic carbocycles. The van der Waals surface area contributed by atoms with Crippen LogP contribution in [-0.4, -0.2) is 52.1 Å². The van der Waals surface area contributed by atoms with Gasteiger partial charge in [-0.1, -0.05) is 11.1 Å². The lowest BCUT2D eigenvalue weighted by Gasteiger charge is -2.27. The molecule has 88 valence electrons. The number of piperazine rings is 1. The molecule has 1 heterocycles. The first-order valence-electron chi connectivity index (χ1n) is 4.28. The zero-order valence-corrected chi connectivity index (χ0v) is 10.4. The van der Waals surface area contributed by atoms with Gasteiger partial charge in [0.25, 0.3) is 0 Å². The normalized spacial score (nSPS) is 19.2. The van der Waals surface area contributed by atoms with Crippen LogP contribution in [-0.2, 0) is 11.1 Å². The van der Waals surface area contributed by atoms with Gasteiger partial charge in [0.05, 0.1) is 0 Å². The Balaban J connectivity index is 0. The van der Waals surface area contributed by atoms with E-state index in [4.69, 9.17) is 0 Å². The van der Waals surface area contributed by atoms with Crippen LogP contribution in [0.1, 0.15) is 6.42 Å². The Labute approximate surface area is 99.9 Å². The molecule has 0 bridgehead atoms. The van der Waals surface area contributed by atoms with Gasteiger partial charge >= 0.3 is 0 Å². The lowest BCUT2D eigenvalue weighted by Crippen LogP contribution is -2.43. The summed E-state index contributed by atoms with van der Waals surface area (Å²) in [6, 6.07) is 0. The first-order chi connectivity index (χ1) is 5.79. The molecule has 14 heavy (non-hydrogen) atoms. The van der Waals surface area contributed by atoms with Crippen molar-refractivity contribution in [1.29, 1.82) is 0 Å². The predicted octanol–water partition coefficient (Wildman–Crippen LogP) is 0.00440. The third kappa shape index (κ3) is 7.96. The highest BCUT2D eigenvalue weighted by Crippen LogP contribution is 1.94. The molecule has 1 N–H and O–H groups in total. The lowest BCUT2D eigenvalue weighted by molar-refractivity contribution is 0.242. The van der Waals surface area contributed by atoms with E-state index in [0.717, 1.165) is 39.1 Å². The minimum Gasteiger partial charge on any atom is -0.772 e. The summed E-state index contributed by atoms with van der Waals surface area (Å²) in [5.41, 5.74) is 0. The minimum absolute atomic E-state index is 0. The van der Waals surface area contributed by atoms with Crippen LogP contribution in [0.2, 0.25) is 0 Å². The largest absolute Gasteiger partial charge is 0.772 e. The first-order valence-corrected chi connectivity index (χ1v) is 5.52. The van der Waals surface area contributed by atoms with Crippen LogP contribution in [0.15, 0.2) is 0 Å². The monoisotopic (exact) mass is 263 g/mol. The van der Waals surface area contributed by atoms with Gasteiger partial charge in [0.1, 0.15) is 0 Å². The van der Waals surface area contributed by atoms with Gasteiger partial charge < -0.3 is 14.8 Å². The van der Waals surface area contributed by atoms with Crippen LogP contribution in [0.25, 0.3) is 0 Å². The van der Waals surface area contributed by atoms with Crippen molar-refractivity contribution in [3.63, 3.8) is 0 Å². The zero-order valence-electron chi connectivity index (χ0n) is 7.94. The van der Waals surface area contributed by atoms with Gasteiger partial charge in [-0.05, 0) is 13.0 Å². The van der Waals surface area contributed by atoms with E-state index in [0.29, 0.717) is 5.75 Å². The molecule has 1 unspecified atom stereocenters. The molecule has 1 rings (SSSR count). The van der Waals surface area contributed by atoms with Gasteiger partial charge in [0.15, 0.2) is 0 Å². The van der Waals surface area contributed by atoms with E-state index in [1.54, 1.807) is 0 Å². The second-order valence-electron chi connectivity index (χ2n) is 2.95. The smallest absolute Gasteiger partial charge is 0.0114 e. The third-order valence-electron chi connectivity index (χ3n) is 1.99. The minimum atomic E-state index is -1.86. The summed E-state index contributed by atoms with van der Waals surface area (Å²) in [6.07, 6.45) is 0.760.